The van der Waals surface area contributed by atoms with Gasteiger partial charge in [-0.05, 0) is 31.1 Å². The molecule has 74 valence electrons. The molecule has 0 aromatic carbocycles. The molecule has 1 saturated carbocycles. The minimum absolute atomic E-state index is 0.323. The average molecular weight is 180 g/mol. The van der Waals surface area contributed by atoms with Crippen LogP contribution in [0.4, 0.5) is 0 Å². The standard InChI is InChI=1S/C12H20O/c1-4-5-12(13)11-7-6-9(2)10(3)8-11/h4,9-11H,1,5-8H2,2-3H3. The maximum Gasteiger partial charge on any atom is 0.139 e. The van der Waals surface area contributed by atoms with Gasteiger partial charge in [0.25, 0.3) is 0 Å². The molecule has 3 unspecified atom stereocenters. The van der Waals surface area contributed by atoms with Gasteiger partial charge in [-0.3, -0.25) is 4.79 Å². The van der Waals surface area contributed by atoms with Crippen molar-refractivity contribution in [3.63, 3.8) is 0 Å². The van der Waals surface area contributed by atoms with Gasteiger partial charge in [-0.25, -0.2) is 0 Å². The summed E-state index contributed by atoms with van der Waals surface area (Å²) in [5, 5.41) is 0. The molecular formula is C12H20O. The van der Waals surface area contributed by atoms with Gasteiger partial charge in [0.2, 0.25) is 0 Å². The molecule has 1 aliphatic carbocycles. The molecule has 0 spiro atoms. The highest BCUT2D eigenvalue weighted by Gasteiger charge is 2.27. The summed E-state index contributed by atoms with van der Waals surface area (Å²) in [7, 11) is 0. The van der Waals surface area contributed by atoms with E-state index in [0.717, 1.165) is 18.8 Å². The van der Waals surface area contributed by atoms with Gasteiger partial charge in [0, 0.05) is 12.3 Å². The molecular weight excluding hydrogens is 160 g/mol. The zero-order chi connectivity index (χ0) is 9.84. The van der Waals surface area contributed by atoms with E-state index in [0.29, 0.717) is 24.0 Å². The highest BCUT2D eigenvalue weighted by Crippen LogP contribution is 2.34. The van der Waals surface area contributed by atoms with Crippen LogP contribution in [-0.2, 0) is 4.79 Å². The third kappa shape index (κ3) is 2.68. The molecule has 1 aliphatic rings. The smallest absolute Gasteiger partial charge is 0.139 e. The van der Waals surface area contributed by atoms with Crippen molar-refractivity contribution in [1.29, 1.82) is 0 Å². The first-order valence-electron chi connectivity index (χ1n) is 5.28. The lowest BCUT2D eigenvalue weighted by Gasteiger charge is -2.30. The molecule has 0 aromatic rings. The Kier molecular flexibility index (Phi) is 3.71. The SMILES string of the molecule is C=CCC(=O)C1CCC(C)C(C)C1. The molecule has 0 N–H and O–H groups in total. The molecule has 1 nitrogen and oxygen atoms in total. The van der Waals surface area contributed by atoms with Crippen LogP contribution in [0.3, 0.4) is 0 Å². The van der Waals surface area contributed by atoms with Crippen LogP contribution in [0.5, 0.6) is 0 Å². The van der Waals surface area contributed by atoms with Crippen molar-refractivity contribution in [2.75, 3.05) is 0 Å². The topological polar surface area (TPSA) is 17.1 Å². The number of Topliss-reactive ketones (excluding diaryl/α,β-unsaturated/α-hetero) is 1. The molecule has 0 aliphatic heterocycles. The van der Waals surface area contributed by atoms with Crippen molar-refractivity contribution in [2.45, 2.75) is 39.5 Å². The second kappa shape index (κ2) is 4.59. The first kappa shape index (κ1) is 10.5. The van der Waals surface area contributed by atoms with Crippen LogP contribution >= 0.6 is 0 Å². The fourth-order valence-electron chi connectivity index (χ4n) is 2.15. The molecule has 1 fully saturated rings. The Morgan fingerprint density at radius 2 is 2.08 bits per heavy atom. The monoisotopic (exact) mass is 180 g/mol. The summed E-state index contributed by atoms with van der Waals surface area (Å²) < 4.78 is 0. The number of ketones is 1. The Morgan fingerprint density at radius 3 is 2.62 bits per heavy atom. The summed E-state index contributed by atoms with van der Waals surface area (Å²) in [6.07, 6.45) is 5.69. The van der Waals surface area contributed by atoms with E-state index in [9.17, 15) is 4.79 Å². The summed E-state index contributed by atoms with van der Waals surface area (Å²) >= 11 is 0. The first-order chi connectivity index (χ1) is 6.15. The zero-order valence-corrected chi connectivity index (χ0v) is 8.75. The molecule has 13 heavy (non-hydrogen) atoms. The third-order valence-electron chi connectivity index (χ3n) is 3.40. The van der Waals surface area contributed by atoms with Gasteiger partial charge in [0.1, 0.15) is 5.78 Å². The fraction of sp³-hybridized carbons (Fsp3) is 0.750. The third-order valence-corrected chi connectivity index (χ3v) is 3.40. The largest absolute Gasteiger partial charge is 0.299 e. The van der Waals surface area contributed by atoms with Crippen molar-refractivity contribution in [3.05, 3.63) is 12.7 Å². The minimum atomic E-state index is 0.323. The molecule has 3 atom stereocenters. The molecule has 0 radical (unpaired) electrons. The van der Waals surface area contributed by atoms with Gasteiger partial charge >= 0.3 is 0 Å². The summed E-state index contributed by atoms with van der Waals surface area (Å²) in [5.41, 5.74) is 0. The predicted octanol–water partition coefficient (Wildman–Crippen LogP) is 3.20. The molecule has 0 saturated heterocycles. The lowest BCUT2D eigenvalue weighted by molar-refractivity contribution is -0.123. The van der Waals surface area contributed by atoms with Gasteiger partial charge in [-0.2, -0.15) is 0 Å². The van der Waals surface area contributed by atoms with Crippen LogP contribution in [0.15, 0.2) is 12.7 Å². The van der Waals surface area contributed by atoms with E-state index in [-0.39, 0.29) is 0 Å². The van der Waals surface area contributed by atoms with Crippen molar-refractivity contribution >= 4 is 5.78 Å². The minimum Gasteiger partial charge on any atom is -0.299 e. The Hall–Kier alpha value is -0.590. The summed E-state index contributed by atoms with van der Waals surface area (Å²) in [6.45, 7) is 8.16. The van der Waals surface area contributed by atoms with Crippen molar-refractivity contribution < 1.29 is 4.79 Å². The highest BCUT2D eigenvalue weighted by molar-refractivity contribution is 5.82. The predicted molar refractivity (Wildman–Crippen MR) is 55.5 cm³/mol. The number of hydrogen-bond acceptors (Lipinski definition) is 1. The van der Waals surface area contributed by atoms with E-state index >= 15 is 0 Å². The maximum absolute atomic E-state index is 11.6. The molecule has 1 heteroatoms. The lowest BCUT2D eigenvalue weighted by Crippen LogP contribution is -2.26. The second-order valence-corrected chi connectivity index (χ2v) is 4.42. The molecule has 0 heterocycles. The van der Waals surface area contributed by atoms with Crippen LogP contribution < -0.4 is 0 Å². The van der Waals surface area contributed by atoms with Crippen LogP contribution in [0.25, 0.3) is 0 Å². The van der Waals surface area contributed by atoms with Gasteiger partial charge < -0.3 is 0 Å². The van der Waals surface area contributed by atoms with Gasteiger partial charge in [0.15, 0.2) is 0 Å². The van der Waals surface area contributed by atoms with E-state index in [1.54, 1.807) is 6.08 Å². The Balaban J connectivity index is 2.45. The second-order valence-electron chi connectivity index (χ2n) is 4.42. The number of carbonyl (C=O) groups is 1. The number of allylic oxidation sites excluding steroid dienone is 1. The van der Waals surface area contributed by atoms with Crippen LogP contribution in [-0.4, -0.2) is 5.78 Å². The molecule has 1 rings (SSSR count). The van der Waals surface area contributed by atoms with Crippen molar-refractivity contribution in [3.8, 4) is 0 Å². The number of carbonyl (C=O) groups excluding carboxylic acids is 1. The lowest BCUT2D eigenvalue weighted by atomic mass is 9.74. The van der Waals surface area contributed by atoms with Gasteiger partial charge in [-0.15, -0.1) is 6.58 Å². The highest BCUT2D eigenvalue weighted by atomic mass is 16.1. The normalized spacial score (nSPS) is 34.2. The first-order valence-corrected chi connectivity index (χ1v) is 5.28. The van der Waals surface area contributed by atoms with Crippen LogP contribution in [0, 0.1) is 17.8 Å². The molecule has 0 aromatic heterocycles. The molecule has 0 bridgehead atoms. The van der Waals surface area contributed by atoms with Gasteiger partial charge in [0.05, 0.1) is 0 Å². The van der Waals surface area contributed by atoms with Crippen LogP contribution in [0.1, 0.15) is 39.5 Å². The Morgan fingerprint density at radius 1 is 1.38 bits per heavy atom. The summed E-state index contributed by atoms with van der Waals surface area (Å²) in [4.78, 5) is 11.6. The Labute approximate surface area is 81.2 Å². The zero-order valence-electron chi connectivity index (χ0n) is 8.75. The van der Waals surface area contributed by atoms with E-state index in [2.05, 4.69) is 20.4 Å². The van der Waals surface area contributed by atoms with Crippen molar-refractivity contribution in [2.24, 2.45) is 17.8 Å². The van der Waals surface area contributed by atoms with E-state index in [4.69, 9.17) is 0 Å². The van der Waals surface area contributed by atoms with Crippen molar-refractivity contribution in [1.82, 2.24) is 0 Å². The fourth-order valence-corrected chi connectivity index (χ4v) is 2.15. The maximum atomic E-state index is 11.6. The summed E-state index contributed by atoms with van der Waals surface area (Å²) in [6, 6.07) is 0. The van der Waals surface area contributed by atoms with E-state index in [1.165, 1.54) is 6.42 Å². The van der Waals surface area contributed by atoms with Crippen LogP contribution in [0.2, 0.25) is 0 Å². The Bertz CT molecular complexity index is 195. The summed E-state index contributed by atoms with van der Waals surface area (Å²) in [5.74, 6) is 2.23. The van der Waals surface area contributed by atoms with E-state index < -0.39 is 0 Å². The average Bonchev–Trinajstić information content (AvgIpc) is 2.10. The quantitative estimate of drug-likeness (QED) is 0.609. The number of rotatable bonds is 3. The molecule has 0 amide bonds. The number of hydrogen-bond donors (Lipinski definition) is 0. The van der Waals surface area contributed by atoms with Gasteiger partial charge in [-0.1, -0.05) is 19.9 Å². The van der Waals surface area contributed by atoms with E-state index in [1.807, 2.05) is 0 Å².